The second-order valence-electron chi connectivity index (χ2n) is 6.32. The van der Waals surface area contributed by atoms with E-state index in [0.717, 1.165) is 17.1 Å². The van der Waals surface area contributed by atoms with E-state index < -0.39 is 5.25 Å². The zero-order valence-corrected chi connectivity index (χ0v) is 17.0. The lowest BCUT2D eigenvalue weighted by Gasteiger charge is -2.16. The van der Waals surface area contributed by atoms with Crippen molar-refractivity contribution in [3.05, 3.63) is 84.3 Å². The zero-order valence-electron chi connectivity index (χ0n) is 16.1. The van der Waals surface area contributed by atoms with Crippen molar-refractivity contribution in [2.24, 2.45) is 0 Å². The number of hydrogen-bond donors (Lipinski definition) is 1. The minimum absolute atomic E-state index is 0.177. The fourth-order valence-electron chi connectivity index (χ4n) is 2.82. The van der Waals surface area contributed by atoms with Crippen LogP contribution in [0.3, 0.4) is 0 Å². The Morgan fingerprint density at radius 1 is 1.13 bits per heavy atom. The molecule has 0 radical (unpaired) electrons. The number of nitrogens with one attached hydrogen (secondary N) is 1. The Balaban J connectivity index is 1.56. The van der Waals surface area contributed by atoms with Crippen LogP contribution >= 0.6 is 11.8 Å². The number of benzene rings is 2. The van der Waals surface area contributed by atoms with Crippen molar-refractivity contribution in [2.45, 2.75) is 17.0 Å². The fourth-order valence-corrected chi connectivity index (χ4v) is 3.79. The molecule has 1 unspecified atom stereocenters. The van der Waals surface area contributed by atoms with Gasteiger partial charge in [0.05, 0.1) is 13.4 Å². The summed E-state index contributed by atoms with van der Waals surface area (Å²) in [7, 11) is 1.60. The summed E-state index contributed by atoms with van der Waals surface area (Å²) in [6.45, 7) is 0.379. The van der Waals surface area contributed by atoms with E-state index in [1.54, 1.807) is 42.3 Å². The third-order valence-electron chi connectivity index (χ3n) is 4.31. The van der Waals surface area contributed by atoms with Crippen LogP contribution < -0.4 is 10.1 Å². The summed E-state index contributed by atoms with van der Waals surface area (Å²) in [5, 5.41) is 14.8. The van der Waals surface area contributed by atoms with Crippen LogP contribution in [0.2, 0.25) is 0 Å². The predicted molar refractivity (Wildman–Crippen MR) is 112 cm³/mol. The van der Waals surface area contributed by atoms with Crippen molar-refractivity contribution in [1.29, 1.82) is 0 Å². The number of ether oxygens (including phenoxy) is 1. The molecule has 2 heterocycles. The minimum atomic E-state index is -0.547. The molecule has 0 aliphatic carbocycles. The summed E-state index contributed by atoms with van der Waals surface area (Å²) in [5.41, 5.74) is 1.53. The van der Waals surface area contributed by atoms with Crippen LogP contribution in [0.5, 0.6) is 5.75 Å². The number of aromatic nitrogens is 4. The molecule has 4 rings (SSSR count). The van der Waals surface area contributed by atoms with Gasteiger partial charge in [-0.25, -0.2) is 4.68 Å². The SMILES string of the molecule is COc1ccc(NC(=O)C(Sc2nnnn2Cc2ccco2)c2ccccc2)cc1. The Morgan fingerprint density at radius 2 is 1.93 bits per heavy atom. The standard InChI is InChI=1S/C21H19N5O3S/c1-28-17-11-9-16(10-12-17)22-20(27)19(15-6-3-2-4-7-15)30-21-23-24-25-26(21)14-18-8-5-13-29-18/h2-13,19H,14H2,1H3,(H,22,27). The Labute approximate surface area is 177 Å². The number of nitrogens with zero attached hydrogens (tertiary/aromatic N) is 4. The van der Waals surface area contributed by atoms with Gasteiger partial charge in [0.15, 0.2) is 0 Å². The molecule has 8 nitrogen and oxygen atoms in total. The highest BCUT2D eigenvalue weighted by Gasteiger charge is 2.25. The number of amides is 1. The van der Waals surface area contributed by atoms with Gasteiger partial charge in [-0.3, -0.25) is 4.79 Å². The predicted octanol–water partition coefficient (Wildman–Crippen LogP) is 3.80. The second-order valence-corrected chi connectivity index (χ2v) is 7.40. The lowest BCUT2D eigenvalue weighted by molar-refractivity contribution is -0.115. The van der Waals surface area contributed by atoms with Gasteiger partial charge in [0.1, 0.15) is 23.3 Å². The van der Waals surface area contributed by atoms with E-state index in [1.165, 1.54) is 11.8 Å². The van der Waals surface area contributed by atoms with Gasteiger partial charge >= 0.3 is 0 Å². The van der Waals surface area contributed by atoms with Crippen molar-refractivity contribution in [3.8, 4) is 5.75 Å². The molecule has 0 bridgehead atoms. The first-order valence-corrected chi connectivity index (χ1v) is 10.1. The maximum absolute atomic E-state index is 13.2. The molecule has 152 valence electrons. The Morgan fingerprint density at radius 3 is 2.63 bits per heavy atom. The highest BCUT2D eigenvalue weighted by Crippen LogP contribution is 2.35. The quantitative estimate of drug-likeness (QED) is 0.432. The third-order valence-corrected chi connectivity index (χ3v) is 5.53. The average molecular weight is 421 g/mol. The number of hydrogen-bond acceptors (Lipinski definition) is 7. The molecule has 1 amide bonds. The van der Waals surface area contributed by atoms with Gasteiger partial charge in [0.25, 0.3) is 0 Å². The van der Waals surface area contributed by atoms with Gasteiger partial charge in [-0.05, 0) is 52.4 Å². The van der Waals surface area contributed by atoms with Crippen LogP contribution in [0.4, 0.5) is 5.69 Å². The molecule has 0 aliphatic heterocycles. The maximum atomic E-state index is 13.2. The first-order chi connectivity index (χ1) is 14.7. The molecule has 0 aliphatic rings. The molecule has 0 fully saturated rings. The number of carbonyl (C=O) groups is 1. The summed E-state index contributed by atoms with van der Waals surface area (Å²) in [6, 6.07) is 20.4. The Bertz CT molecular complexity index is 1080. The lowest BCUT2D eigenvalue weighted by Crippen LogP contribution is -2.19. The summed E-state index contributed by atoms with van der Waals surface area (Å²) in [6.07, 6.45) is 1.60. The molecule has 0 saturated carbocycles. The van der Waals surface area contributed by atoms with Crippen LogP contribution in [-0.4, -0.2) is 33.2 Å². The zero-order chi connectivity index (χ0) is 20.8. The number of rotatable bonds is 8. The normalized spacial score (nSPS) is 11.8. The minimum Gasteiger partial charge on any atom is -0.497 e. The van der Waals surface area contributed by atoms with Crippen LogP contribution in [0.25, 0.3) is 0 Å². The monoisotopic (exact) mass is 421 g/mol. The summed E-state index contributed by atoms with van der Waals surface area (Å²) < 4.78 is 12.2. The van der Waals surface area contributed by atoms with E-state index in [1.807, 2.05) is 42.5 Å². The fraction of sp³-hybridized carbons (Fsp3) is 0.143. The van der Waals surface area contributed by atoms with Gasteiger partial charge in [0.2, 0.25) is 11.1 Å². The van der Waals surface area contributed by atoms with Crippen LogP contribution in [0.15, 0.2) is 82.6 Å². The van der Waals surface area contributed by atoms with Gasteiger partial charge in [-0.2, -0.15) is 0 Å². The van der Waals surface area contributed by atoms with Crippen molar-refractivity contribution >= 4 is 23.4 Å². The number of furan rings is 1. The Hall–Kier alpha value is -3.59. The van der Waals surface area contributed by atoms with Crippen molar-refractivity contribution in [3.63, 3.8) is 0 Å². The molecule has 2 aromatic carbocycles. The topological polar surface area (TPSA) is 95.1 Å². The highest BCUT2D eigenvalue weighted by molar-refractivity contribution is 8.00. The third kappa shape index (κ3) is 4.69. The van der Waals surface area contributed by atoms with Gasteiger partial charge < -0.3 is 14.5 Å². The van der Waals surface area contributed by atoms with E-state index in [-0.39, 0.29) is 5.91 Å². The van der Waals surface area contributed by atoms with Crippen LogP contribution in [0.1, 0.15) is 16.6 Å². The average Bonchev–Trinajstić information content (AvgIpc) is 3.45. The molecular formula is C21H19N5O3S. The van der Waals surface area contributed by atoms with E-state index in [2.05, 4.69) is 20.8 Å². The van der Waals surface area contributed by atoms with E-state index in [9.17, 15) is 4.79 Å². The highest BCUT2D eigenvalue weighted by atomic mass is 32.2. The summed E-state index contributed by atoms with van der Waals surface area (Å²) in [4.78, 5) is 13.2. The molecular weight excluding hydrogens is 402 g/mol. The van der Waals surface area contributed by atoms with Crippen molar-refractivity contribution < 1.29 is 13.9 Å². The summed E-state index contributed by atoms with van der Waals surface area (Å²) in [5.74, 6) is 1.27. The molecule has 0 spiro atoms. The van der Waals surface area contributed by atoms with E-state index in [0.29, 0.717) is 17.4 Å². The number of thioether (sulfide) groups is 1. The molecule has 1 N–H and O–H groups in total. The molecule has 0 saturated heterocycles. The smallest absolute Gasteiger partial charge is 0.242 e. The van der Waals surface area contributed by atoms with E-state index >= 15 is 0 Å². The van der Waals surface area contributed by atoms with E-state index in [4.69, 9.17) is 9.15 Å². The lowest BCUT2D eigenvalue weighted by atomic mass is 10.1. The molecule has 30 heavy (non-hydrogen) atoms. The molecule has 9 heteroatoms. The molecule has 4 aromatic rings. The first-order valence-electron chi connectivity index (χ1n) is 9.18. The second kappa shape index (κ2) is 9.27. The van der Waals surface area contributed by atoms with Gasteiger partial charge in [-0.15, -0.1) is 5.10 Å². The van der Waals surface area contributed by atoms with Crippen molar-refractivity contribution in [1.82, 2.24) is 20.2 Å². The van der Waals surface area contributed by atoms with Crippen molar-refractivity contribution in [2.75, 3.05) is 12.4 Å². The maximum Gasteiger partial charge on any atom is 0.242 e. The molecule has 2 aromatic heterocycles. The van der Waals surface area contributed by atoms with Gasteiger partial charge in [0, 0.05) is 5.69 Å². The number of tetrazole rings is 1. The van der Waals surface area contributed by atoms with Crippen LogP contribution in [-0.2, 0) is 11.3 Å². The summed E-state index contributed by atoms with van der Waals surface area (Å²) >= 11 is 1.28. The first kappa shape index (κ1) is 19.7. The Kier molecular flexibility index (Phi) is 6.09. The largest absolute Gasteiger partial charge is 0.497 e. The van der Waals surface area contributed by atoms with Gasteiger partial charge in [-0.1, -0.05) is 42.1 Å². The molecule has 1 atom stereocenters. The van der Waals surface area contributed by atoms with Crippen LogP contribution in [0, 0.1) is 0 Å². The number of methoxy groups -OCH3 is 1. The number of anilines is 1. The number of carbonyl (C=O) groups excluding carboxylic acids is 1.